The Kier molecular flexibility index (Phi) is 4.54. The Bertz CT molecular complexity index is 1500. The molecule has 162 valence electrons. The maximum Gasteiger partial charge on any atom is 0.260 e. The Morgan fingerprint density at radius 1 is 0.848 bits per heavy atom. The van der Waals surface area contributed by atoms with Gasteiger partial charge in [0.2, 0.25) is 0 Å². The fourth-order valence-electron chi connectivity index (χ4n) is 4.34. The lowest BCUT2D eigenvalue weighted by Crippen LogP contribution is -2.32. The molecule has 7 heteroatoms. The Morgan fingerprint density at radius 2 is 1.58 bits per heavy atom. The molecular weight excluding hydrogens is 414 g/mol. The third-order valence-electron chi connectivity index (χ3n) is 5.99. The number of pyridine rings is 1. The number of benzene rings is 2. The average molecular weight is 435 g/mol. The topological polar surface area (TPSA) is 75.4 Å². The van der Waals surface area contributed by atoms with Crippen molar-refractivity contribution in [1.82, 2.24) is 15.0 Å². The summed E-state index contributed by atoms with van der Waals surface area (Å²) in [6.45, 7) is 1.34. The summed E-state index contributed by atoms with van der Waals surface area (Å²) in [5.41, 5.74) is 3.51. The van der Waals surface area contributed by atoms with Gasteiger partial charge in [-0.2, -0.15) is 0 Å². The van der Waals surface area contributed by atoms with Crippen molar-refractivity contribution in [2.45, 2.75) is 6.42 Å². The highest BCUT2D eigenvalue weighted by atomic mass is 16.3. The molecule has 0 aliphatic carbocycles. The molecule has 7 nitrogen and oxygen atoms in total. The summed E-state index contributed by atoms with van der Waals surface area (Å²) in [4.78, 5) is 32.3. The first-order chi connectivity index (χ1) is 16.2. The highest BCUT2D eigenvalue weighted by Crippen LogP contribution is 2.33. The van der Waals surface area contributed by atoms with E-state index in [1.807, 2.05) is 73.8 Å². The Labute approximate surface area is 190 Å². The lowest BCUT2D eigenvalue weighted by Gasteiger charge is -2.23. The molecule has 0 N–H and O–H groups in total. The van der Waals surface area contributed by atoms with Gasteiger partial charge in [0.25, 0.3) is 5.91 Å². The van der Waals surface area contributed by atoms with Gasteiger partial charge in [-0.15, -0.1) is 0 Å². The number of carbonyl (C=O) groups excluding carboxylic acids is 1. The largest absolute Gasteiger partial charge is 0.463 e. The number of amides is 1. The first-order valence-corrected chi connectivity index (χ1v) is 10.9. The van der Waals surface area contributed by atoms with Gasteiger partial charge >= 0.3 is 0 Å². The number of furan rings is 1. The zero-order valence-corrected chi connectivity index (χ0v) is 18.1. The summed E-state index contributed by atoms with van der Waals surface area (Å²) in [5.74, 6) is 1.79. The van der Waals surface area contributed by atoms with E-state index < -0.39 is 0 Å². The fourth-order valence-corrected chi connectivity index (χ4v) is 4.34. The van der Waals surface area contributed by atoms with Gasteiger partial charge in [0.15, 0.2) is 17.4 Å². The molecule has 0 unspecified atom stereocenters. The van der Waals surface area contributed by atoms with Crippen molar-refractivity contribution in [2.75, 3.05) is 29.9 Å². The van der Waals surface area contributed by atoms with Crippen LogP contribution in [-0.2, 0) is 0 Å². The quantitative estimate of drug-likeness (QED) is 0.392. The van der Waals surface area contributed by atoms with E-state index in [0.29, 0.717) is 35.2 Å². The number of rotatable bonds is 2. The minimum absolute atomic E-state index is 0.123. The molecule has 0 radical (unpaired) electrons. The summed E-state index contributed by atoms with van der Waals surface area (Å²) in [5, 5.41) is 0.797. The molecule has 2 aromatic carbocycles. The Balaban J connectivity index is 1.54. The molecule has 4 heterocycles. The van der Waals surface area contributed by atoms with Gasteiger partial charge in [-0.3, -0.25) is 9.69 Å². The normalized spacial score (nSPS) is 13.8. The van der Waals surface area contributed by atoms with E-state index >= 15 is 0 Å². The van der Waals surface area contributed by atoms with Crippen molar-refractivity contribution < 1.29 is 9.21 Å². The van der Waals surface area contributed by atoms with Crippen molar-refractivity contribution in [3.63, 3.8) is 0 Å². The smallest absolute Gasteiger partial charge is 0.260 e. The van der Waals surface area contributed by atoms with Crippen LogP contribution >= 0.6 is 0 Å². The van der Waals surface area contributed by atoms with E-state index in [-0.39, 0.29) is 5.91 Å². The molecule has 1 amide bonds. The summed E-state index contributed by atoms with van der Waals surface area (Å²) in [6, 6.07) is 20.9. The predicted molar refractivity (Wildman–Crippen MR) is 129 cm³/mol. The second-order valence-electron chi connectivity index (χ2n) is 8.14. The molecule has 0 bridgehead atoms. The second-order valence-corrected chi connectivity index (χ2v) is 8.14. The van der Waals surface area contributed by atoms with Crippen LogP contribution in [0.1, 0.15) is 16.8 Å². The van der Waals surface area contributed by atoms with Crippen LogP contribution in [0.2, 0.25) is 0 Å². The van der Waals surface area contributed by atoms with Crippen LogP contribution in [0, 0.1) is 0 Å². The van der Waals surface area contributed by atoms with Gasteiger partial charge in [0, 0.05) is 25.5 Å². The molecule has 5 aromatic rings. The number of anilines is 2. The number of nitrogens with zero attached hydrogens (tertiary/aromatic N) is 5. The van der Waals surface area contributed by atoms with E-state index in [4.69, 9.17) is 19.4 Å². The number of aromatic nitrogens is 3. The van der Waals surface area contributed by atoms with E-state index in [2.05, 4.69) is 4.90 Å². The Hall–Kier alpha value is -4.26. The van der Waals surface area contributed by atoms with E-state index in [0.717, 1.165) is 34.9 Å². The van der Waals surface area contributed by atoms with Crippen molar-refractivity contribution >= 4 is 39.5 Å². The minimum Gasteiger partial charge on any atom is -0.463 e. The lowest BCUT2D eigenvalue weighted by molar-refractivity contribution is 0.0988. The number of carbonyl (C=O) groups is 1. The maximum atomic E-state index is 14.1. The molecule has 0 fully saturated rings. The van der Waals surface area contributed by atoms with Gasteiger partial charge in [0.1, 0.15) is 5.69 Å². The monoisotopic (exact) mass is 435 g/mol. The summed E-state index contributed by atoms with van der Waals surface area (Å²) < 4.78 is 5.57. The number of fused-ring (bicyclic) bond motifs is 3. The van der Waals surface area contributed by atoms with Gasteiger partial charge in [-0.1, -0.05) is 30.3 Å². The van der Waals surface area contributed by atoms with Crippen molar-refractivity contribution in [3.05, 3.63) is 78.6 Å². The van der Waals surface area contributed by atoms with Crippen LogP contribution in [0.4, 0.5) is 11.6 Å². The zero-order valence-electron chi connectivity index (χ0n) is 18.1. The van der Waals surface area contributed by atoms with Crippen LogP contribution in [0.25, 0.3) is 33.4 Å². The SMILES string of the molecule is CN1CCCN(C(=O)c2cc(-c3ccco3)nc3ccccc23)c2nc3ccccc3nc21. The molecule has 0 saturated carbocycles. The van der Waals surface area contributed by atoms with Gasteiger partial charge < -0.3 is 9.32 Å². The van der Waals surface area contributed by atoms with E-state index in [1.165, 1.54) is 0 Å². The second kappa shape index (κ2) is 7.70. The molecule has 0 spiro atoms. The lowest BCUT2D eigenvalue weighted by atomic mass is 10.1. The third kappa shape index (κ3) is 3.29. The predicted octanol–water partition coefficient (Wildman–Crippen LogP) is 4.92. The van der Waals surface area contributed by atoms with Crippen molar-refractivity contribution in [2.24, 2.45) is 0 Å². The molecule has 33 heavy (non-hydrogen) atoms. The highest BCUT2D eigenvalue weighted by Gasteiger charge is 2.29. The fraction of sp³-hybridized carbons (Fsp3) is 0.154. The molecule has 6 rings (SSSR count). The first kappa shape index (κ1) is 19.4. The van der Waals surface area contributed by atoms with E-state index in [1.54, 1.807) is 11.2 Å². The summed E-state index contributed by atoms with van der Waals surface area (Å²) >= 11 is 0. The maximum absolute atomic E-state index is 14.1. The van der Waals surface area contributed by atoms with Crippen LogP contribution in [-0.4, -0.2) is 41.0 Å². The van der Waals surface area contributed by atoms with Gasteiger partial charge in [-0.05, 0) is 42.8 Å². The number of hydrogen-bond donors (Lipinski definition) is 0. The molecule has 1 aliphatic rings. The average Bonchev–Trinajstić information content (AvgIpc) is 3.35. The van der Waals surface area contributed by atoms with Gasteiger partial charge in [0.05, 0.1) is 28.4 Å². The zero-order chi connectivity index (χ0) is 22.4. The van der Waals surface area contributed by atoms with Crippen LogP contribution in [0.15, 0.2) is 77.4 Å². The first-order valence-electron chi connectivity index (χ1n) is 10.9. The number of hydrogen-bond acceptors (Lipinski definition) is 6. The molecule has 1 aliphatic heterocycles. The van der Waals surface area contributed by atoms with Crippen molar-refractivity contribution in [1.29, 1.82) is 0 Å². The van der Waals surface area contributed by atoms with Crippen LogP contribution in [0.3, 0.4) is 0 Å². The molecular formula is C26H21N5O2. The minimum atomic E-state index is -0.123. The summed E-state index contributed by atoms with van der Waals surface area (Å²) in [6.07, 6.45) is 2.42. The van der Waals surface area contributed by atoms with Crippen LogP contribution < -0.4 is 9.80 Å². The van der Waals surface area contributed by atoms with Crippen molar-refractivity contribution in [3.8, 4) is 11.5 Å². The molecule has 0 atom stereocenters. The van der Waals surface area contributed by atoms with E-state index in [9.17, 15) is 4.79 Å². The van der Waals surface area contributed by atoms with Gasteiger partial charge in [-0.25, -0.2) is 15.0 Å². The summed E-state index contributed by atoms with van der Waals surface area (Å²) in [7, 11) is 1.99. The standard InChI is InChI=1S/C26H21N5O2/c1-30-13-7-14-31(25-24(30)28-20-10-4-5-11-21(20)29-25)26(32)18-16-22(23-12-6-15-33-23)27-19-9-3-2-8-17(18)19/h2-6,8-12,15-16H,7,13-14H2,1H3. The molecule has 3 aromatic heterocycles. The Morgan fingerprint density at radius 3 is 2.33 bits per heavy atom. The van der Waals surface area contributed by atoms with Crippen LogP contribution in [0.5, 0.6) is 0 Å². The highest BCUT2D eigenvalue weighted by molar-refractivity contribution is 6.15. The molecule has 0 saturated heterocycles. The number of para-hydroxylation sites is 3. The third-order valence-corrected chi connectivity index (χ3v) is 5.99.